The van der Waals surface area contributed by atoms with E-state index in [2.05, 4.69) is 26.6 Å². The van der Waals surface area contributed by atoms with Crippen LogP contribution in [0.4, 0.5) is 0 Å². The maximum absolute atomic E-state index is 13.9. The van der Waals surface area contributed by atoms with E-state index in [-0.39, 0.29) is 49.1 Å². The summed E-state index contributed by atoms with van der Waals surface area (Å²) >= 11 is 5.24. The predicted octanol–water partition coefficient (Wildman–Crippen LogP) is 2.36. The van der Waals surface area contributed by atoms with Gasteiger partial charge in [-0.1, -0.05) is 74.5 Å². The third-order valence-corrected chi connectivity index (χ3v) is 9.14. The molecule has 3 rings (SSSR count). The molecular formula is C37H58Cl2N8O4S. The molecule has 1 aliphatic rings. The summed E-state index contributed by atoms with van der Waals surface area (Å²) in [5.74, 6) is -1.52. The summed E-state index contributed by atoms with van der Waals surface area (Å²) < 4.78 is 0. The molecule has 52 heavy (non-hydrogen) atoms. The first-order valence-electron chi connectivity index (χ1n) is 17.7. The van der Waals surface area contributed by atoms with Crippen LogP contribution in [-0.4, -0.2) is 90.5 Å². The zero-order valence-corrected chi connectivity index (χ0v) is 32.9. The molecule has 4 atom stereocenters. The van der Waals surface area contributed by atoms with Gasteiger partial charge in [0.05, 0.1) is 6.04 Å². The van der Waals surface area contributed by atoms with E-state index < -0.39 is 41.9 Å². The molecule has 1 fully saturated rings. The Kier molecular flexibility index (Phi) is 22.1. The molecule has 15 heteroatoms. The highest BCUT2D eigenvalue weighted by Crippen LogP contribution is 2.15. The molecule has 0 radical (unpaired) electrons. The molecule has 0 unspecified atom stereocenters. The Balaban J connectivity index is 0.00000676. The van der Waals surface area contributed by atoms with Crippen LogP contribution in [-0.2, 0) is 32.0 Å². The Morgan fingerprint density at radius 2 is 1.31 bits per heavy atom. The Labute approximate surface area is 326 Å². The largest absolute Gasteiger partial charge is 0.366 e. The van der Waals surface area contributed by atoms with Gasteiger partial charge in [0, 0.05) is 32.6 Å². The van der Waals surface area contributed by atoms with E-state index in [0.29, 0.717) is 56.9 Å². The second-order valence-electron chi connectivity index (χ2n) is 13.4. The van der Waals surface area contributed by atoms with E-state index in [4.69, 9.17) is 23.7 Å². The fourth-order valence-electron chi connectivity index (χ4n) is 6.02. The number of thiocarbonyl (C=S) groups is 1. The maximum Gasteiger partial charge on any atom is 0.245 e. The number of rotatable bonds is 18. The van der Waals surface area contributed by atoms with E-state index in [1.807, 2.05) is 74.5 Å². The Bertz CT molecular complexity index is 1380. The average Bonchev–Trinajstić information content (AvgIpc) is 3.11. The van der Waals surface area contributed by atoms with Gasteiger partial charge in [0.25, 0.3) is 0 Å². The number of nitrogens with two attached hydrogens (primary N) is 2. The number of likely N-dealkylation sites (tertiary alicyclic amines) is 1. The van der Waals surface area contributed by atoms with Crippen molar-refractivity contribution in [2.45, 2.75) is 95.4 Å². The van der Waals surface area contributed by atoms with E-state index in [1.165, 1.54) is 0 Å². The first-order valence-corrected chi connectivity index (χ1v) is 18.1. The number of piperidine rings is 1. The van der Waals surface area contributed by atoms with Gasteiger partial charge in [-0.25, -0.2) is 0 Å². The summed E-state index contributed by atoms with van der Waals surface area (Å²) in [7, 11) is 1.76. The van der Waals surface area contributed by atoms with Crippen LogP contribution in [0.3, 0.4) is 0 Å². The van der Waals surface area contributed by atoms with E-state index in [0.717, 1.165) is 24.0 Å². The van der Waals surface area contributed by atoms with E-state index >= 15 is 0 Å². The maximum atomic E-state index is 13.9. The van der Waals surface area contributed by atoms with Crippen molar-refractivity contribution >= 4 is 65.8 Å². The van der Waals surface area contributed by atoms with E-state index in [1.54, 1.807) is 11.9 Å². The minimum atomic E-state index is -0.984. The number of hydrogen-bond acceptors (Lipinski definition) is 7. The molecule has 0 aliphatic carbocycles. The predicted molar refractivity (Wildman–Crippen MR) is 215 cm³/mol. The molecule has 0 saturated carbocycles. The summed E-state index contributed by atoms with van der Waals surface area (Å²) in [6.07, 6.45) is 4.11. The van der Waals surface area contributed by atoms with Crippen molar-refractivity contribution in [2.24, 2.45) is 17.4 Å². The van der Waals surface area contributed by atoms with Crippen molar-refractivity contribution in [3.63, 3.8) is 0 Å². The number of amides is 4. The number of unbranched alkanes of at least 4 members (excludes halogenated alkanes) is 1. The van der Waals surface area contributed by atoms with Crippen LogP contribution >= 0.6 is 37.0 Å². The third-order valence-electron chi connectivity index (χ3n) is 8.82. The third kappa shape index (κ3) is 16.0. The number of hydrogen-bond donors (Lipinski definition) is 7. The molecule has 2 aromatic rings. The first-order chi connectivity index (χ1) is 24.0. The molecule has 0 aromatic heterocycles. The minimum Gasteiger partial charge on any atom is -0.366 e. The SMILES string of the molecule is CNC(=S)NC1CCN(C(=O)[C@@H](CCCCN)NC(=O)[C@@H](CC(C)C)NC(=O)[C@@H](Cc2ccccc2)NC(=O)[C@H](N)Cc2ccccc2)CC1.Cl.Cl. The topological polar surface area (TPSA) is 184 Å². The number of nitrogens with zero attached hydrogens (tertiary/aromatic N) is 1. The van der Waals surface area contributed by atoms with Crippen LogP contribution in [0.2, 0.25) is 0 Å². The first kappa shape index (κ1) is 46.5. The quantitative estimate of drug-likeness (QED) is 0.0882. The lowest BCUT2D eigenvalue weighted by molar-refractivity contribution is -0.138. The Morgan fingerprint density at radius 3 is 1.85 bits per heavy atom. The second kappa shape index (κ2) is 24.7. The number of carbonyl (C=O) groups is 4. The molecule has 4 amide bonds. The highest BCUT2D eigenvalue weighted by molar-refractivity contribution is 7.80. The average molecular weight is 782 g/mol. The molecule has 1 aliphatic heterocycles. The van der Waals surface area contributed by atoms with Crippen LogP contribution in [0.15, 0.2) is 60.7 Å². The lowest BCUT2D eigenvalue weighted by atomic mass is 9.99. The highest BCUT2D eigenvalue weighted by Gasteiger charge is 2.33. The minimum absolute atomic E-state index is 0. The van der Waals surface area contributed by atoms with Crippen molar-refractivity contribution in [1.29, 1.82) is 0 Å². The fourth-order valence-corrected chi connectivity index (χ4v) is 6.19. The monoisotopic (exact) mass is 780 g/mol. The van der Waals surface area contributed by atoms with Gasteiger partial charge in [0.2, 0.25) is 23.6 Å². The molecule has 2 aromatic carbocycles. The lowest BCUT2D eigenvalue weighted by Gasteiger charge is -2.35. The van der Waals surface area contributed by atoms with E-state index in [9.17, 15) is 19.2 Å². The molecule has 1 saturated heterocycles. The molecule has 290 valence electrons. The van der Waals surface area contributed by atoms with Gasteiger partial charge in [0.15, 0.2) is 5.11 Å². The van der Waals surface area contributed by atoms with Crippen LogP contribution in [0, 0.1) is 5.92 Å². The van der Waals surface area contributed by atoms with Crippen LogP contribution < -0.4 is 38.1 Å². The normalized spacial score (nSPS) is 15.1. The molecule has 9 N–H and O–H groups in total. The Hall–Kier alpha value is -3.49. The van der Waals surface area contributed by atoms with Crippen molar-refractivity contribution in [3.8, 4) is 0 Å². The van der Waals surface area contributed by atoms with Gasteiger partial charge >= 0.3 is 0 Å². The van der Waals surface area contributed by atoms with Crippen molar-refractivity contribution < 1.29 is 19.2 Å². The zero-order chi connectivity index (χ0) is 36.5. The molecule has 12 nitrogen and oxygen atoms in total. The van der Waals surface area contributed by atoms with Crippen molar-refractivity contribution in [3.05, 3.63) is 71.8 Å². The fraction of sp³-hybridized carbons (Fsp3) is 0.541. The van der Waals surface area contributed by atoms with Crippen LogP contribution in [0.5, 0.6) is 0 Å². The van der Waals surface area contributed by atoms with Crippen LogP contribution in [0.1, 0.15) is 63.5 Å². The van der Waals surface area contributed by atoms with Gasteiger partial charge < -0.3 is 43.0 Å². The summed E-state index contributed by atoms with van der Waals surface area (Å²) in [6, 6.07) is 15.4. The van der Waals surface area contributed by atoms with Gasteiger partial charge in [-0.2, -0.15) is 0 Å². The standard InChI is InChI=1S/C37H56N8O4S.2ClH/c1-25(2)22-31(34(47)42-30(16-10-11-19-38)36(49)45-20-17-28(18-21-45)41-37(50)40-3)44-35(48)32(24-27-14-8-5-9-15-27)43-33(46)29(39)23-26-12-6-4-7-13-26;;/h4-9,12-15,25,28-32H,10-11,16-24,38-39H2,1-3H3,(H,42,47)(H,43,46)(H,44,48)(H2,40,41,50);2*1H/t29-,30-,31-,32-;;/m1../s1. The van der Waals surface area contributed by atoms with Gasteiger partial charge in [-0.3, -0.25) is 19.2 Å². The number of carbonyl (C=O) groups excluding carboxylic acids is 4. The second-order valence-corrected chi connectivity index (χ2v) is 13.8. The summed E-state index contributed by atoms with van der Waals surface area (Å²) in [6.45, 7) is 5.46. The number of nitrogens with one attached hydrogen (secondary N) is 5. The smallest absolute Gasteiger partial charge is 0.245 e. The molecular weight excluding hydrogens is 723 g/mol. The zero-order valence-electron chi connectivity index (χ0n) is 30.5. The lowest BCUT2D eigenvalue weighted by Crippen LogP contribution is -2.59. The molecule has 0 spiro atoms. The van der Waals surface area contributed by atoms with Crippen molar-refractivity contribution in [2.75, 3.05) is 26.7 Å². The number of halogens is 2. The molecule has 0 bridgehead atoms. The van der Waals surface area contributed by atoms with Gasteiger partial charge in [-0.05, 0) is 80.8 Å². The summed E-state index contributed by atoms with van der Waals surface area (Å²) in [5.41, 5.74) is 13.8. The van der Waals surface area contributed by atoms with Crippen LogP contribution in [0.25, 0.3) is 0 Å². The summed E-state index contributed by atoms with van der Waals surface area (Å²) in [5, 5.41) is 15.5. The van der Waals surface area contributed by atoms with Crippen molar-refractivity contribution in [1.82, 2.24) is 31.5 Å². The van der Waals surface area contributed by atoms with Gasteiger partial charge in [0.1, 0.15) is 18.1 Å². The Morgan fingerprint density at radius 1 is 0.788 bits per heavy atom. The number of benzene rings is 2. The van der Waals surface area contributed by atoms with Gasteiger partial charge in [-0.15, -0.1) is 24.8 Å². The highest BCUT2D eigenvalue weighted by atomic mass is 35.5. The molecule has 1 heterocycles. The summed E-state index contributed by atoms with van der Waals surface area (Å²) in [4.78, 5) is 56.7.